The number of anilines is 4. The largest absolute Gasteiger partial charge is 0.543 e. The molecule has 5 aromatic rings. The van der Waals surface area contributed by atoms with Crippen LogP contribution in [0.5, 0.6) is 5.75 Å². The van der Waals surface area contributed by atoms with E-state index in [1.165, 1.54) is 28.7 Å². The van der Waals surface area contributed by atoms with Gasteiger partial charge in [0.2, 0.25) is 0 Å². The number of carbonyl (C=O) groups excluding carboxylic acids is 1. The molecule has 0 aliphatic rings. The van der Waals surface area contributed by atoms with Crippen molar-refractivity contribution in [2.24, 2.45) is 0 Å². The number of unbranched alkanes of at least 4 members (excludes halogenated alkanes) is 1. The van der Waals surface area contributed by atoms with Gasteiger partial charge in [-0.1, -0.05) is 48.7 Å². The van der Waals surface area contributed by atoms with Crippen molar-refractivity contribution in [1.82, 2.24) is 25.5 Å². The summed E-state index contributed by atoms with van der Waals surface area (Å²) in [7, 11) is 6.05. The minimum Gasteiger partial charge on any atom is -0.543 e. The highest BCUT2D eigenvalue weighted by Gasteiger charge is 2.24. The number of aromatic carboxylic acids is 1. The summed E-state index contributed by atoms with van der Waals surface area (Å²) in [5, 5.41) is 39.7. The van der Waals surface area contributed by atoms with E-state index >= 15 is 0 Å². The molecule has 3 heterocycles. The number of nitrogens with one attached hydrogen (secondary N) is 2. The molecule has 0 aliphatic carbocycles. The fraction of sp³-hybridized carbons (Fsp3) is 0.425. The Hall–Kier alpha value is -4.72. The predicted molar refractivity (Wildman–Crippen MR) is 216 cm³/mol. The third-order valence-corrected chi connectivity index (χ3v) is 10.9. The average molecular weight is 789 g/mol. The fourth-order valence-corrected chi connectivity index (χ4v) is 8.00. The number of carboxylic acid groups (broad SMARTS) is 1. The van der Waals surface area contributed by atoms with Crippen molar-refractivity contribution >= 4 is 60.8 Å². The summed E-state index contributed by atoms with van der Waals surface area (Å²) in [6, 6.07) is 14.3. The highest BCUT2D eigenvalue weighted by molar-refractivity contribution is 7.22. The molecular formula is C40H49FN8O4S2. The van der Waals surface area contributed by atoms with Crippen LogP contribution in [0.25, 0.3) is 10.2 Å². The number of carboxylic acids is 1. The first kappa shape index (κ1) is 41.4. The van der Waals surface area contributed by atoms with Crippen molar-refractivity contribution in [2.45, 2.75) is 58.5 Å². The smallest absolute Gasteiger partial charge is 0.191 e. The number of hydrogen-bond acceptors (Lipinski definition) is 13. The zero-order valence-electron chi connectivity index (χ0n) is 32.0. The Morgan fingerprint density at radius 3 is 2.65 bits per heavy atom. The molecule has 3 N–H and O–H groups in total. The van der Waals surface area contributed by atoms with Gasteiger partial charge < -0.3 is 39.8 Å². The van der Waals surface area contributed by atoms with Gasteiger partial charge in [-0.2, -0.15) is 0 Å². The Labute approximate surface area is 330 Å². The highest BCUT2D eigenvalue weighted by atomic mass is 32.1. The molecule has 1 unspecified atom stereocenters. The standard InChI is InChI=1S/C40H49FN8O4S2/c1-6-7-22-49(4,5)26-29(50)14-11-21-48(35-24-27(2)37(47-46-35)45-39-43-31-15-8-9-16-33(31)54-39)40-44-36(38(51)52)34(55-40)17-12-23-53-32-19-18-28(25-30(32)41)13-10-20-42-3/h8-9,15-16,18-19,24-25,29,42,50H,6-7,11-12,14,17,20-23,26H2,1-5H3,(H-,43,45,47,51,52). The van der Waals surface area contributed by atoms with Gasteiger partial charge in [-0.25, -0.2) is 14.4 Å². The molecule has 15 heteroatoms. The summed E-state index contributed by atoms with van der Waals surface area (Å²) in [5.74, 6) is 5.01. The molecule has 0 saturated heterocycles. The molecule has 0 fully saturated rings. The summed E-state index contributed by atoms with van der Waals surface area (Å²) in [4.78, 5) is 23.8. The van der Waals surface area contributed by atoms with Crippen molar-refractivity contribution in [3.05, 3.63) is 76.0 Å². The summed E-state index contributed by atoms with van der Waals surface area (Å²) < 4.78 is 22.2. The zero-order chi connectivity index (χ0) is 39.4. The number of carbonyl (C=O) groups is 1. The van der Waals surface area contributed by atoms with Crippen LogP contribution in [0, 0.1) is 24.6 Å². The molecule has 0 aliphatic heterocycles. The SMILES string of the molecule is CCCC[N+](C)(C)CC(O)CCCN(c1cc(C)c(Nc2nc3ccccc3s2)nn1)c1nc(C(=O)[O-])c(CCCOc2ccc(C#CCNC)cc2F)s1. The number of aromatic nitrogens is 4. The highest BCUT2D eigenvalue weighted by Crippen LogP contribution is 2.34. The Balaban J connectivity index is 1.32. The minimum absolute atomic E-state index is 0.0974. The molecule has 2 aromatic carbocycles. The van der Waals surface area contributed by atoms with E-state index in [4.69, 9.17) is 4.74 Å². The molecule has 0 bridgehead atoms. The van der Waals surface area contributed by atoms with Crippen LogP contribution in [-0.2, 0) is 6.42 Å². The number of quaternary nitrogens is 1. The number of likely N-dealkylation sites (N-methyl/N-ethyl adjacent to an activating group) is 1. The van der Waals surface area contributed by atoms with Gasteiger partial charge in [0.25, 0.3) is 0 Å². The van der Waals surface area contributed by atoms with Crippen molar-refractivity contribution in [2.75, 3.05) is 64.1 Å². The molecule has 55 heavy (non-hydrogen) atoms. The molecule has 3 aromatic heterocycles. The van der Waals surface area contributed by atoms with E-state index in [1.807, 2.05) is 42.2 Å². The number of ether oxygens (including phenoxy) is 1. The quantitative estimate of drug-likeness (QED) is 0.0497. The number of rotatable bonds is 20. The van der Waals surface area contributed by atoms with Crippen molar-refractivity contribution < 1.29 is 28.6 Å². The second-order valence-corrected chi connectivity index (χ2v) is 16.1. The van der Waals surface area contributed by atoms with E-state index in [2.05, 4.69) is 63.7 Å². The van der Waals surface area contributed by atoms with Gasteiger partial charge in [0.15, 0.2) is 33.5 Å². The van der Waals surface area contributed by atoms with E-state index in [-0.39, 0.29) is 18.1 Å². The van der Waals surface area contributed by atoms with Gasteiger partial charge in [-0.3, -0.25) is 0 Å². The van der Waals surface area contributed by atoms with Crippen molar-refractivity contribution in [3.8, 4) is 17.6 Å². The van der Waals surface area contributed by atoms with Crippen LogP contribution in [0.1, 0.15) is 65.5 Å². The second kappa shape index (κ2) is 19.7. The van der Waals surface area contributed by atoms with Crippen LogP contribution >= 0.6 is 22.7 Å². The van der Waals surface area contributed by atoms with Crippen LogP contribution < -0.4 is 25.4 Å². The van der Waals surface area contributed by atoms with Crippen LogP contribution in [0.3, 0.4) is 0 Å². The van der Waals surface area contributed by atoms with Crippen molar-refractivity contribution in [3.63, 3.8) is 0 Å². The third kappa shape index (κ3) is 11.9. The maximum Gasteiger partial charge on any atom is 0.191 e. The van der Waals surface area contributed by atoms with Gasteiger partial charge in [0, 0.05) is 17.0 Å². The molecule has 0 radical (unpaired) electrons. The lowest BCUT2D eigenvalue weighted by Crippen LogP contribution is -2.46. The number of para-hydroxylation sites is 1. The summed E-state index contributed by atoms with van der Waals surface area (Å²) in [5.41, 5.74) is 2.09. The molecule has 5 rings (SSSR count). The topological polar surface area (TPSA) is 148 Å². The van der Waals surface area contributed by atoms with E-state index < -0.39 is 17.9 Å². The second-order valence-electron chi connectivity index (χ2n) is 14.0. The van der Waals surface area contributed by atoms with Gasteiger partial charge in [-0.15, -0.1) is 21.5 Å². The van der Waals surface area contributed by atoms with Gasteiger partial charge in [0.1, 0.15) is 18.3 Å². The minimum atomic E-state index is -1.39. The van der Waals surface area contributed by atoms with E-state index in [9.17, 15) is 19.4 Å². The molecule has 292 valence electrons. The molecule has 0 saturated carbocycles. The van der Waals surface area contributed by atoms with Gasteiger partial charge in [0.05, 0.1) is 50.0 Å². The first-order chi connectivity index (χ1) is 26.5. The van der Waals surface area contributed by atoms with E-state index in [0.717, 1.165) is 39.6 Å². The van der Waals surface area contributed by atoms with Crippen LogP contribution in [-0.4, -0.2) is 95.8 Å². The Bertz CT molecular complexity index is 2080. The molecule has 12 nitrogen and oxygen atoms in total. The summed E-state index contributed by atoms with van der Waals surface area (Å²) >= 11 is 2.75. The zero-order valence-corrected chi connectivity index (χ0v) is 33.7. The number of aliphatic hydroxyl groups is 1. The maximum absolute atomic E-state index is 14.7. The number of hydrogen-bond donors (Lipinski definition) is 3. The molecule has 0 spiro atoms. The van der Waals surface area contributed by atoms with Crippen LogP contribution in [0.4, 0.5) is 26.3 Å². The van der Waals surface area contributed by atoms with E-state index in [1.54, 1.807) is 19.2 Å². The van der Waals surface area contributed by atoms with Gasteiger partial charge in [-0.05, 0) is 88.0 Å². The number of thiazole rings is 2. The number of nitrogens with zero attached hydrogens (tertiary/aromatic N) is 6. The van der Waals surface area contributed by atoms with Crippen LogP contribution in [0.2, 0.25) is 0 Å². The monoisotopic (exact) mass is 788 g/mol. The lowest BCUT2D eigenvalue weighted by molar-refractivity contribution is -0.893. The fourth-order valence-electron chi connectivity index (χ4n) is 6.01. The van der Waals surface area contributed by atoms with Crippen LogP contribution in [0.15, 0.2) is 48.5 Å². The predicted octanol–water partition coefficient (Wildman–Crippen LogP) is 5.84. The lowest BCUT2D eigenvalue weighted by Gasteiger charge is -2.32. The first-order valence-corrected chi connectivity index (χ1v) is 20.1. The lowest BCUT2D eigenvalue weighted by atomic mass is 10.1. The Kier molecular flexibility index (Phi) is 14.9. The number of fused-ring (bicyclic) bond motifs is 1. The Morgan fingerprint density at radius 1 is 1.11 bits per heavy atom. The number of aliphatic hydroxyl groups excluding tert-OH is 1. The molecular weight excluding hydrogens is 740 g/mol. The number of benzene rings is 2. The van der Waals surface area contributed by atoms with E-state index in [0.29, 0.717) is 77.7 Å². The molecule has 1 atom stereocenters. The first-order valence-electron chi connectivity index (χ1n) is 18.5. The summed E-state index contributed by atoms with van der Waals surface area (Å²) in [6.07, 6.45) is 3.54. The number of aryl methyl sites for hydroxylation is 2. The average Bonchev–Trinajstić information content (AvgIpc) is 3.77. The van der Waals surface area contributed by atoms with Crippen molar-refractivity contribution in [1.29, 1.82) is 0 Å². The van der Waals surface area contributed by atoms with Gasteiger partial charge >= 0.3 is 0 Å². The third-order valence-electron chi connectivity index (χ3n) is 8.85. The molecule has 0 amide bonds. The summed E-state index contributed by atoms with van der Waals surface area (Å²) in [6.45, 7) is 6.75. The number of halogens is 1. The Morgan fingerprint density at radius 2 is 1.93 bits per heavy atom. The normalized spacial score (nSPS) is 12.0. The maximum atomic E-state index is 14.7.